The van der Waals surface area contributed by atoms with Gasteiger partial charge in [-0.15, -0.1) is 0 Å². The molecular weight excluding hydrogens is 236 g/mol. The van der Waals surface area contributed by atoms with E-state index in [-0.39, 0.29) is 17.7 Å². The molecule has 19 heavy (non-hydrogen) atoms. The molecule has 3 nitrogen and oxygen atoms in total. The third kappa shape index (κ3) is 3.71. The third-order valence-corrected chi connectivity index (χ3v) is 4.00. The fraction of sp³-hybridized carbons (Fsp3) is 0.625. The van der Waals surface area contributed by atoms with Gasteiger partial charge in [0.1, 0.15) is 5.75 Å². The van der Waals surface area contributed by atoms with Crippen LogP contribution in [0.5, 0.6) is 5.75 Å². The molecule has 0 aromatic heterocycles. The third-order valence-electron chi connectivity index (χ3n) is 4.00. The number of likely N-dealkylation sites (N-methyl/N-ethyl adjacent to an activating group) is 1. The van der Waals surface area contributed by atoms with Gasteiger partial charge in [0.25, 0.3) is 0 Å². The van der Waals surface area contributed by atoms with Gasteiger partial charge < -0.3 is 15.4 Å². The van der Waals surface area contributed by atoms with Gasteiger partial charge in [-0.1, -0.05) is 19.1 Å². The van der Waals surface area contributed by atoms with Crippen molar-refractivity contribution in [3.05, 3.63) is 29.8 Å². The molecule has 0 bridgehead atoms. The van der Waals surface area contributed by atoms with E-state index in [4.69, 9.17) is 10.5 Å². The van der Waals surface area contributed by atoms with Gasteiger partial charge in [-0.25, -0.2) is 0 Å². The van der Waals surface area contributed by atoms with Crippen molar-refractivity contribution in [1.29, 1.82) is 0 Å². The Labute approximate surface area is 117 Å². The number of ether oxygens (including phenoxy) is 1. The van der Waals surface area contributed by atoms with Crippen LogP contribution in [0.1, 0.15) is 45.7 Å². The summed E-state index contributed by atoms with van der Waals surface area (Å²) in [5, 5.41) is 0. The molecule has 1 aromatic rings. The summed E-state index contributed by atoms with van der Waals surface area (Å²) in [6.45, 7) is 8.44. The first kappa shape index (κ1) is 16.0. The van der Waals surface area contributed by atoms with Crippen LogP contribution < -0.4 is 10.5 Å². The fourth-order valence-corrected chi connectivity index (χ4v) is 2.23. The molecule has 0 spiro atoms. The van der Waals surface area contributed by atoms with Gasteiger partial charge in [-0.3, -0.25) is 0 Å². The van der Waals surface area contributed by atoms with Crippen molar-refractivity contribution in [1.82, 2.24) is 4.90 Å². The van der Waals surface area contributed by atoms with E-state index < -0.39 is 0 Å². The zero-order valence-corrected chi connectivity index (χ0v) is 13.1. The highest BCUT2D eigenvalue weighted by molar-refractivity contribution is 5.32. The van der Waals surface area contributed by atoms with Crippen LogP contribution in [0, 0.1) is 0 Å². The van der Waals surface area contributed by atoms with Crippen LogP contribution in [0.3, 0.4) is 0 Å². The molecule has 0 saturated carbocycles. The molecule has 0 aliphatic carbocycles. The van der Waals surface area contributed by atoms with E-state index in [1.807, 2.05) is 26.0 Å². The molecule has 2 unspecified atom stereocenters. The van der Waals surface area contributed by atoms with E-state index >= 15 is 0 Å². The predicted molar refractivity (Wildman–Crippen MR) is 81.5 cm³/mol. The molecule has 0 saturated heterocycles. The summed E-state index contributed by atoms with van der Waals surface area (Å²) in [6, 6.07) is 8.09. The van der Waals surface area contributed by atoms with Gasteiger partial charge in [0.05, 0.1) is 6.10 Å². The molecule has 1 aromatic carbocycles. The van der Waals surface area contributed by atoms with Crippen molar-refractivity contribution in [3.8, 4) is 5.75 Å². The van der Waals surface area contributed by atoms with E-state index in [9.17, 15) is 0 Å². The minimum atomic E-state index is -0.0591. The Morgan fingerprint density at radius 2 is 1.95 bits per heavy atom. The first-order valence-electron chi connectivity index (χ1n) is 7.01. The number of nitrogens with two attached hydrogens (primary N) is 1. The minimum Gasteiger partial charge on any atom is -0.491 e. The zero-order chi connectivity index (χ0) is 14.6. The van der Waals surface area contributed by atoms with Crippen molar-refractivity contribution in [3.63, 3.8) is 0 Å². The first-order valence-corrected chi connectivity index (χ1v) is 7.01. The molecule has 3 heteroatoms. The standard InChI is InChI=1S/C16H28N2O/c1-7-16(4,18(5)6)15(17)13-9-8-10-14(11-13)19-12(2)3/h8-12,15H,7,17H2,1-6H3. The normalized spacial score (nSPS) is 16.5. The molecule has 0 fully saturated rings. The molecule has 0 aliphatic rings. The highest BCUT2D eigenvalue weighted by Gasteiger charge is 2.33. The predicted octanol–water partition coefficient (Wildman–Crippen LogP) is 3.20. The lowest BCUT2D eigenvalue weighted by Crippen LogP contribution is -2.49. The lowest BCUT2D eigenvalue weighted by atomic mass is 9.84. The molecule has 2 atom stereocenters. The Kier molecular flexibility index (Phi) is 5.39. The number of benzene rings is 1. The molecule has 1 rings (SSSR count). The summed E-state index contributed by atoms with van der Waals surface area (Å²) in [6.07, 6.45) is 1.18. The second-order valence-electron chi connectivity index (χ2n) is 5.82. The highest BCUT2D eigenvalue weighted by Crippen LogP contribution is 2.32. The second kappa shape index (κ2) is 6.40. The Morgan fingerprint density at radius 1 is 1.32 bits per heavy atom. The zero-order valence-electron chi connectivity index (χ0n) is 13.1. The van der Waals surface area contributed by atoms with Gasteiger partial charge in [0, 0.05) is 11.6 Å². The van der Waals surface area contributed by atoms with Gasteiger partial charge in [-0.05, 0) is 59.0 Å². The maximum Gasteiger partial charge on any atom is 0.120 e. The number of hydrogen-bond acceptors (Lipinski definition) is 3. The topological polar surface area (TPSA) is 38.5 Å². The minimum absolute atomic E-state index is 0.0387. The van der Waals surface area contributed by atoms with Gasteiger partial charge in [0.15, 0.2) is 0 Å². The average molecular weight is 264 g/mol. The van der Waals surface area contributed by atoms with E-state index in [2.05, 4.69) is 45.0 Å². The summed E-state index contributed by atoms with van der Waals surface area (Å²) in [7, 11) is 4.16. The van der Waals surface area contributed by atoms with E-state index in [0.717, 1.165) is 17.7 Å². The largest absolute Gasteiger partial charge is 0.491 e. The Bertz CT molecular complexity index is 403. The summed E-state index contributed by atoms with van der Waals surface area (Å²) in [5.41, 5.74) is 7.55. The summed E-state index contributed by atoms with van der Waals surface area (Å²) < 4.78 is 5.74. The van der Waals surface area contributed by atoms with E-state index in [1.165, 1.54) is 0 Å². The molecule has 108 valence electrons. The Balaban J connectivity index is 3.02. The molecule has 2 N–H and O–H groups in total. The monoisotopic (exact) mass is 264 g/mol. The van der Waals surface area contributed by atoms with Gasteiger partial charge in [0.2, 0.25) is 0 Å². The first-order chi connectivity index (χ1) is 8.81. The van der Waals surface area contributed by atoms with Crippen molar-refractivity contribution < 1.29 is 4.74 Å². The maximum absolute atomic E-state index is 6.49. The molecule has 0 aliphatic heterocycles. The van der Waals surface area contributed by atoms with Gasteiger partial charge >= 0.3 is 0 Å². The average Bonchev–Trinajstić information content (AvgIpc) is 2.36. The quantitative estimate of drug-likeness (QED) is 0.857. The van der Waals surface area contributed by atoms with Crippen molar-refractivity contribution in [2.45, 2.75) is 51.8 Å². The van der Waals surface area contributed by atoms with Crippen LogP contribution >= 0.6 is 0 Å². The molecular formula is C16H28N2O. The highest BCUT2D eigenvalue weighted by atomic mass is 16.5. The number of hydrogen-bond donors (Lipinski definition) is 1. The Morgan fingerprint density at radius 3 is 2.42 bits per heavy atom. The second-order valence-corrected chi connectivity index (χ2v) is 5.82. The van der Waals surface area contributed by atoms with Crippen LogP contribution in [-0.4, -0.2) is 30.6 Å². The van der Waals surface area contributed by atoms with Crippen molar-refractivity contribution in [2.75, 3.05) is 14.1 Å². The van der Waals surface area contributed by atoms with Gasteiger partial charge in [-0.2, -0.15) is 0 Å². The van der Waals surface area contributed by atoms with Crippen molar-refractivity contribution in [2.24, 2.45) is 5.73 Å². The fourth-order valence-electron chi connectivity index (χ4n) is 2.23. The van der Waals surface area contributed by atoms with Crippen molar-refractivity contribution >= 4 is 0 Å². The summed E-state index contributed by atoms with van der Waals surface area (Å²) in [4.78, 5) is 2.20. The lowest BCUT2D eigenvalue weighted by Gasteiger charge is -2.41. The van der Waals surface area contributed by atoms with Crippen LogP contribution in [0.25, 0.3) is 0 Å². The smallest absolute Gasteiger partial charge is 0.120 e. The van der Waals surface area contributed by atoms with Crippen LogP contribution in [0.4, 0.5) is 0 Å². The van der Waals surface area contributed by atoms with E-state index in [0.29, 0.717) is 0 Å². The lowest BCUT2D eigenvalue weighted by molar-refractivity contribution is 0.131. The summed E-state index contributed by atoms with van der Waals surface area (Å²) in [5.74, 6) is 0.889. The van der Waals surface area contributed by atoms with Crippen LogP contribution in [0.15, 0.2) is 24.3 Å². The summed E-state index contributed by atoms with van der Waals surface area (Å²) >= 11 is 0. The number of nitrogens with zero attached hydrogens (tertiary/aromatic N) is 1. The SMILES string of the molecule is CCC(C)(C(N)c1cccc(OC(C)C)c1)N(C)C. The van der Waals surface area contributed by atoms with E-state index in [1.54, 1.807) is 0 Å². The Hall–Kier alpha value is -1.06. The molecule has 0 amide bonds. The number of rotatable bonds is 6. The van der Waals surface area contributed by atoms with Crippen LogP contribution in [0.2, 0.25) is 0 Å². The molecule has 0 radical (unpaired) electrons. The maximum atomic E-state index is 6.49. The molecule has 0 heterocycles. The van der Waals surface area contributed by atoms with Crippen LogP contribution in [-0.2, 0) is 0 Å².